The summed E-state index contributed by atoms with van der Waals surface area (Å²) in [6.07, 6.45) is 4.37. The van der Waals surface area contributed by atoms with Crippen molar-refractivity contribution in [3.05, 3.63) is 94.7 Å². The van der Waals surface area contributed by atoms with Crippen molar-refractivity contribution in [3.63, 3.8) is 0 Å². The van der Waals surface area contributed by atoms with E-state index in [9.17, 15) is 4.39 Å². The smallest absolute Gasteiger partial charge is 0.173 e. The first-order chi connectivity index (χ1) is 15.4. The second kappa shape index (κ2) is 9.49. The van der Waals surface area contributed by atoms with Crippen molar-refractivity contribution < 1.29 is 4.39 Å². The Morgan fingerprint density at radius 3 is 2.75 bits per heavy atom. The molecule has 0 saturated heterocycles. The molecular formula is C26H27FN4S. The second-order valence-electron chi connectivity index (χ2n) is 8.13. The fourth-order valence-corrected chi connectivity index (χ4v) is 4.23. The van der Waals surface area contributed by atoms with E-state index in [0.29, 0.717) is 18.2 Å². The van der Waals surface area contributed by atoms with Gasteiger partial charge in [-0.25, -0.2) is 4.39 Å². The quantitative estimate of drug-likeness (QED) is 0.353. The number of aromatic nitrogens is 2. The zero-order valence-electron chi connectivity index (χ0n) is 18.6. The topological polar surface area (TPSA) is 44.0 Å². The zero-order chi connectivity index (χ0) is 22.7. The molecule has 32 heavy (non-hydrogen) atoms. The molecule has 0 aliphatic heterocycles. The van der Waals surface area contributed by atoms with Crippen molar-refractivity contribution in [2.45, 2.75) is 33.7 Å². The summed E-state index contributed by atoms with van der Waals surface area (Å²) in [4.78, 5) is 9.76. The van der Waals surface area contributed by atoms with Gasteiger partial charge in [0.2, 0.25) is 0 Å². The lowest BCUT2D eigenvalue weighted by Gasteiger charge is -2.27. The number of benzene rings is 2. The zero-order valence-corrected chi connectivity index (χ0v) is 19.4. The Morgan fingerprint density at radius 2 is 1.97 bits per heavy atom. The minimum Gasteiger partial charge on any atom is -0.358 e. The third kappa shape index (κ3) is 4.81. The summed E-state index contributed by atoms with van der Waals surface area (Å²) in [5, 5.41) is 5.02. The van der Waals surface area contributed by atoms with E-state index in [-0.39, 0.29) is 5.82 Å². The van der Waals surface area contributed by atoms with E-state index in [2.05, 4.69) is 40.1 Å². The number of nitrogens with zero attached hydrogens (tertiary/aromatic N) is 2. The summed E-state index contributed by atoms with van der Waals surface area (Å²) in [7, 11) is 0. The number of H-pyrrole nitrogens is 1. The molecule has 0 saturated carbocycles. The van der Waals surface area contributed by atoms with Crippen LogP contribution in [0.15, 0.2) is 60.9 Å². The first-order valence-corrected chi connectivity index (χ1v) is 11.1. The molecule has 2 aromatic carbocycles. The monoisotopic (exact) mass is 446 g/mol. The summed E-state index contributed by atoms with van der Waals surface area (Å²) in [6, 6.07) is 15.0. The van der Waals surface area contributed by atoms with E-state index >= 15 is 0 Å². The fourth-order valence-electron chi connectivity index (χ4n) is 3.97. The molecule has 4 rings (SSSR count). The Bertz CT molecular complexity index is 1250. The third-order valence-corrected chi connectivity index (χ3v) is 6.30. The number of hydrogen-bond acceptors (Lipinski definition) is 2. The van der Waals surface area contributed by atoms with Crippen molar-refractivity contribution in [2.75, 3.05) is 11.9 Å². The van der Waals surface area contributed by atoms with Crippen molar-refractivity contribution in [3.8, 4) is 0 Å². The van der Waals surface area contributed by atoms with Crippen LogP contribution in [-0.2, 0) is 13.0 Å². The van der Waals surface area contributed by atoms with Gasteiger partial charge in [0.05, 0.1) is 0 Å². The molecule has 4 nitrogen and oxygen atoms in total. The van der Waals surface area contributed by atoms with E-state index in [1.165, 1.54) is 17.2 Å². The Balaban J connectivity index is 1.58. The number of halogens is 1. The molecule has 0 spiro atoms. The summed E-state index contributed by atoms with van der Waals surface area (Å²) < 4.78 is 13.9. The standard InChI is InChI=1S/C26H27FN4S/c1-17-6-4-8-24(18(17)2)30-26(32)31(16-20-7-5-12-28-15-20)13-11-22-19(3)29-25-10-9-21(27)14-23(22)25/h4-10,12,14-15,29H,11,13,16H2,1-3H3,(H,30,32). The van der Waals surface area contributed by atoms with Crippen LogP contribution in [0.5, 0.6) is 0 Å². The van der Waals surface area contributed by atoms with Crippen molar-refractivity contribution in [1.82, 2.24) is 14.9 Å². The average Bonchev–Trinajstić information content (AvgIpc) is 3.09. The summed E-state index contributed by atoms with van der Waals surface area (Å²) in [5.41, 5.74) is 7.61. The van der Waals surface area contributed by atoms with Gasteiger partial charge in [0.1, 0.15) is 5.82 Å². The Morgan fingerprint density at radius 1 is 1.12 bits per heavy atom. The van der Waals surface area contributed by atoms with Gasteiger partial charge in [-0.15, -0.1) is 0 Å². The predicted molar refractivity (Wildman–Crippen MR) is 133 cm³/mol. The van der Waals surface area contributed by atoms with E-state index in [1.807, 2.05) is 37.4 Å². The van der Waals surface area contributed by atoms with Crippen LogP contribution in [-0.4, -0.2) is 26.5 Å². The van der Waals surface area contributed by atoms with Crippen molar-refractivity contribution in [2.24, 2.45) is 0 Å². The van der Waals surface area contributed by atoms with Gasteiger partial charge in [0.25, 0.3) is 0 Å². The van der Waals surface area contributed by atoms with E-state index in [4.69, 9.17) is 12.2 Å². The highest BCUT2D eigenvalue weighted by molar-refractivity contribution is 7.80. The number of aryl methyl sites for hydroxylation is 2. The van der Waals surface area contributed by atoms with Gasteiger partial charge in [-0.05, 0) is 92.0 Å². The second-order valence-corrected chi connectivity index (χ2v) is 8.52. The molecule has 2 aromatic heterocycles. The van der Waals surface area contributed by atoms with Gasteiger partial charge in [0.15, 0.2) is 5.11 Å². The highest BCUT2D eigenvalue weighted by Crippen LogP contribution is 2.24. The number of thiocarbonyl (C=S) groups is 1. The van der Waals surface area contributed by atoms with Crippen molar-refractivity contribution in [1.29, 1.82) is 0 Å². The number of nitrogens with one attached hydrogen (secondary N) is 2. The van der Waals surface area contributed by atoms with Crippen LogP contribution < -0.4 is 5.32 Å². The number of rotatable bonds is 6. The van der Waals surface area contributed by atoms with Gasteiger partial charge >= 0.3 is 0 Å². The number of pyridine rings is 1. The predicted octanol–water partition coefficient (Wildman–Crippen LogP) is 6.07. The molecule has 0 aliphatic carbocycles. The van der Waals surface area contributed by atoms with Gasteiger partial charge in [-0.2, -0.15) is 0 Å². The number of hydrogen-bond donors (Lipinski definition) is 2. The van der Waals surface area contributed by atoms with E-state index in [0.717, 1.165) is 39.8 Å². The maximum atomic E-state index is 13.9. The first-order valence-electron chi connectivity index (χ1n) is 10.7. The third-order valence-electron chi connectivity index (χ3n) is 5.94. The Kier molecular flexibility index (Phi) is 6.51. The fraction of sp³-hybridized carbons (Fsp3) is 0.231. The number of fused-ring (bicyclic) bond motifs is 1. The van der Waals surface area contributed by atoms with Crippen molar-refractivity contribution >= 4 is 33.9 Å². The first kappa shape index (κ1) is 22.0. The molecule has 0 radical (unpaired) electrons. The Labute approximate surface area is 193 Å². The SMILES string of the molecule is Cc1cccc(NC(=S)N(CCc2c(C)[nH]c3ccc(F)cc23)Cc2cccnc2)c1C. The van der Waals surface area contributed by atoms with E-state index < -0.39 is 0 Å². The molecule has 4 aromatic rings. The van der Waals surface area contributed by atoms with Crippen LogP contribution in [0.4, 0.5) is 10.1 Å². The molecule has 0 bridgehead atoms. The van der Waals surface area contributed by atoms with Crippen LogP contribution in [0.2, 0.25) is 0 Å². The van der Waals surface area contributed by atoms with Gasteiger partial charge in [-0.3, -0.25) is 4.98 Å². The molecule has 0 atom stereocenters. The van der Waals surface area contributed by atoms with Gasteiger partial charge < -0.3 is 15.2 Å². The van der Waals surface area contributed by atoms with Crippen LogP contribution >= 0.6 is 12.2 Å². The molecule has 6 heteroatoms. The lowest BCUT2D eigenvalue weighted by molar-refractivity contribution is 0.422. The van der Waals surface area contributed by atoms with Crippen LogP contribution in [0, 0.1) is 26.6 Å². The van der Waals surface area contributed by atoms with E-state index in [1.54, 1.807) is 18.3 Å². The van der Waals surface area contributed by atoms with Crippen LogP contribution in [0.3, 0.4) is 0 Å². The minimum absolute atomic E-state index is 0.225. The van der Waals surface area contributed by atoms with Crippen LogP contribution in [0.1, 0.15) is 27.9 Å². The minimum atomic E-state index is -0.225. The average molecular weight is 447 g/mol. The molecule has 2 N–H and O–H groups in total. The highest BCUT2D eigenvalue weighted by atomic mass is 32.1. The largest absolute Gasteiger partial charge is 0.358 e. The molecule has 0 fully saturated rings. The molecule has 0 unspecified atom stereocenters. The van der Waals surface area contributed by atoms with Crippen LogP contribution in [0.25, 0.3) is 10.9 Å². The highest BCUT2D eigenvalue weighted by Gasteiger charge is 2.16. The molecule has 164 valence electrons. The lowest BCUT2D eigenvalue weighted by Crippen LogP contribution is -2.36. The number of anilines is 1. The number of aromatic amines is 1. The summed E-state index contributed by atoms with van der Waals surface area (Å²) in [6.45, 7) is 7.55. The lowest BCUT2D eigenvalue weighted by atomic mass is 10.1. The molecular weight excluding hydrogens is 419 g/mol. The maximum absolute atomic E-state index is 13.9. The van der Waals surface area contributed by atoms with Gasteiger partial charge in [-0.1, -0.05) is 18.2 Å². The maximum Gasteiger partial charge on any atom is 0.173 e. The van der Waals surface area contributed by atoms with Gasteiger partial charge in [0, 0.05) is 47.8 Å². The summed E-state index contributed by atoms with van der Waals surface area (Å²) in [5.74, 6) is -0.225. The molecule has 0 aliphatic rings. The normalized spacial score (nSPS) is 11.0. The summed E-state index contributed by atoms with van der Waals surface area (Å²) >= 11 is 5.83. The molecule has 2 heterocycles. The molecule has 0 amide bonds. The Hall–Kier alpha value is -3.25.